The Morgan fingerprint density at radius 3 is 2.67 bits per heavy atom. The molecule has 102 valence electrons. The van der Waals surface area contributed by atoms with Gasteiger partial charge < -0.3 is 20.5 Å². The van der Waals surface area contributed by atoms with Crippen molar-refractivity contribution in [3.8, 4) is 5.75 Å². The highest BCUT2D eigenvalue weighted by molar-refractivity contribution is 5.59. The maximum atomic E-state index is 5.77. The van der Waals surface area contributed by atoms with Crippen LogP contribution in [0, 0.1) is 5.92 Å². The van der Waals surface area contributed by atoms with E-state index in [0.29, 0.717) is 18.2 Å². The maximum absolute atomic E-state index is 5.77. The van der Waals surface area contributed by atoms with Gasteiger partial charge in [0.25, 0.3) is 0 Å². The molecule has 0 fully saturated rings. The Labute approximate surface area is 109 Å². The van der Waals surface area contributed by atoms with Gasteiger partial charge in [-0.1, -0.05) is 13.8 Å². The summed E-state index contributed by atoms with van der Waals surface area (Å²) in [6.45, 7) is 6.68. The zero-order chi connectivity index (χ0) is 13.4. The summed E-state index contributed by atoms with van der Waals surface area (Å²) in [5.74, 6) is 1.45. The Bertz CT molecular complexity index is 354. The number of nitrogen functional groups attached to an aromatic ring is 1. The van der Waals surface area contributed by atoms with Gasteiger partial charge in [0.15, 0.2) is 0 Å². The van der Waals surface area contributed by atoms with E-state index in [1.807, 2.05) is 12.1 Å². The van der Waals surface area contributed by atoms with Crippen LogP contribution >= 0.6 is 0 Å². The lowest BCUT2D eigenvalue weighted by atomic mass is 10.1. The standard InChI is InChI=1S/C14H24N2O2/c1-11(2)4-6-18-7-5-16-13-8-12(15)9-14(10-13)17-3/h8-11,16H,4-7,15H2,1-3H3. The van der Waals surface area contributed by atoms with Crippen LogP contribution in [0.25, 0.3) is 0 Å². The fourth-order valence-corrected chi connectivity index (χ4v) is 1.53. The number of hydrogen-bond acceptors (Lipinski definition) is 4. The molecule has 0 radical (unpaired) electrons. The smallest absolute Gasteiger partial charge is 0.122 e. The molecule has 0 aliphatic rings. The van der Waals surface area contributed by atoms with E-state index in [2.05, 4.69) is 19.2 Å². The van der Waals surface area contributed by atoms with Gasteiger partial charge in [0, 0.05) is 36.7 Å². The van der Waals surface area contributed by atoms with Crippen LogP contribution in [0.1, 0.15) is 20.3 Å². The second-order valence-corrected chi connectivity index (χ2v) is 4.72. The fraction of sp³-hybridized carbons (Fsp3) is 0.571. The summed E-state index contributed by atoms with van der Waals surface area (Å²) in [4.78, 5) is 0. The van der Waals surface area contributed by atoms with E-state index in [1.54, 1.807) is 13.2 Å². The van der Waals surface area contributed by atoms with Crippen molar-refractivity contribution in [2.24, 2.45) is 5.92 Å². The van der Waals surface area contributed by atoms with Crippen molar-refractivity contribution < 1.29 is 9.47 Å². The van der Waals surface area contributed by atoms with Crippen LogP contribution in [-0.2, 0) is 4.74 Å². The van der Waals surface area contributed by atoms with E-state index in [9.17, 15) is 0 Å². The zero-order valence-corrected chi connectivity index (χ0v) is 11.5. The first-order valence-electron chi connectivity index (χ1n) is 6.38. The number of rotatable bonds is 8. The summed E-state index contributed by atoms with van der Waals surface area (Å²) in [7, 11) is 1.63. The van der Waals surface area contributed by atoms with Gasteiger partial charge in [-0.3, -0.25) is 0 Å². The van der Waals surface area contributed by atoms with Crippen LogP contribution in [0.15, 0.2) is 18.2 Å². The van der Waals surface area contributed by atoms with E-state index in [0.717, 1.165) is 31.0 Å². The summed E-state index contributed by atoms with van der Waals surface area (Å²) in [6.07, 6.45) is 1.10. The molecule has 4 nitrogen and oxygen atoms in total. The van der Waals surface area contributed by atoms with Crippen LogP contribution in [0.3, 0.4) is 0 Å². The number of nitrogens with two attached hydrogens (primary N) is 1. The molecule has 0 aliphatic carbocycles. The fourth-order valence-electron chi connectivity index (χ4n) is 1.53. The third kappa shape index (κ3) is 5.77. The molecule has 0 amide bonds. The molecule has 1 aromatic rings. The quantitative estimate of drug-likeness (QED) is 0.552. The minimum absolute atomic E-state index is 0.691. The maximum Gasteiger partial charge on any atom is 0.122 e. The molecule has 0 bridgehead atoms. The summed E-state index contributed by atoms with van der Waals surface area (Å²) in [6, 6.07) is 5.60. The first-order valence-corrected chi connectivity index (χ1v) is 6.38. The van der Waals surface area contributed by atoms with Gasteiger partial charge >= 0.3 is 0 Å². The molecule has 18 heavy (non-hydrogen) atoms. The van der Waals surface area contributed by atoms with E-state index < -0.39 is 0 Å². The molecule has 1 aromatic carbocycles. The highest BCUT2D eigenvalue weighted by atomic mass is 16.5. The van der Waals surface area contributed by atoms with Gasteiger partial charge in [-0.2, -0.15) is 0 Å². The molecule has 4 heteroatoms. The Balaban J connectivity index is 2.24. The van der Waals surface area contributed by atoms with Gasteiger partial charge in [-0.25, -0.2) is 0 Å². The SMILES string of the molecule is COc1cc(N)cc(NCCOCCC(C)C)c1. The summed E-state index contributed by atoms with van der Waals surface area (Å²) in [5, 5.41) is 3.26. The molecule has 0 unspecified atom stereocenters. The number of ether oxygens (including phenoxy) is 2. The number of nitrogens with one attached hydrogen (secondary N) is 1. The van der Waals surface area contributed by atoms with Crippen molar-refractivity contribution in [1.29, 1.82) is 0 Å². The predicted molar refractivity (Wildman–Crippen MR) is 76.2 cm³/mol. The van der Waals surface area contributed by atoms with Crippen LogP contribution < -0.4 is 15.8 Å². The third-order valence-corrected chi connectivity index (χ3v) is 2.58. The third-order valence-electron chi connectivity index (χ3n) is 2.58. The average Bonchev–Trinajstić information content (AvgIpc) is 2.32. The second-order valence-electron chi connectivity index (χ2n) is 4.72. The number of hydrogen-bond donors (Lipinski definition) is 2. The van der Waals surface area contributed by atoms with Gasteiger partial charge in [0.1, 0.15) is 5.75 Å². The van der Waals surface area contributed by atoms with Gasteiger partial charge in [-0.15, -0.1) is 0 Å². The van der Waals surface area contributed by atoms with Crippen LogP contribution in [0.5, 0.6) is 5.75 Å². The Morgan fingerprint density at radius 1 is 1.22 bits per heavy atom. The number of benzene rings is 1. The number of methoxy groups -OCH3 is 1. The molecule has 0 aliphatic heterocycles. The first-order chi connectivity index (χ1) is 8.61. The van der Waals surface area contributed by atoms with Crippen molar-refractivity contribution in [3.63, 3.8) is 0 Å². The van der Waals surface area contributed by atoms with E-state index in [4.69, 9.17) is 15.2 Å². The lowest BCUT2D eigenvalue weighted by molar-refractivity contribution is 0.132. The lowest BCUT2D eigenvalue weighted by Gasteiger charge is -2.10. The van der Waals surface area contributed by atoms with Gasteiger partial charge in [0.05, 0.1) is 13.7 Å². The lowest BCUT2D eigenvalue weighted by Crippen LogP contribution is -2.11. The molecule has 1 rings (SSSR count). The van der Waals surface area contributed by atoms with E-state index in [-0.39, 0.29) is 0 Å². The van der Waals surface area contributed by atoms with Crippen molar-refractivity contribution in [2.45, 2.75) is 20.3 Å². The monoisotopic (exact) mass is 252 g/mol. The Morgan fingerprint density at radius 2 is 2.00 bits per heavy atom. The number of anilines is 2. The minimum Gasteiger partial charge on any atom is -0.497 e. The van der Waals surface area contributed by atoms with Crippen LogP contribution in [0.4, 0.5) is 11.4 Å². The van der Waals surface area contributed by atoms with Crippen LogP contribution in [-0.4, -0.2) is 26.9 Å². The minimum atomic E-state index is 0.691. The summed E-state index contributed by atoms with van der Waals surface area (Å²) >= 11 is 0. The highest BCUT2D eigenvalue weighted by Crippen LogP contribution is 2.21. The molecule has 0 heterocycles. The van der Waals surface area contributed by atoms with Crippen molar-refractivity contribution in [2.75, 3.05) is 37.9 Å². The Kier molecular flexibility index (Phi) is 6.36. The van der Waals surface area contributed by atoms with Crippen molar-refractivity contribution in [3.05, 3.63) is 18.2 Å². The second kappa shape index (κ2) is 7.82. The molecular weight excluding hydrogens is 228 g/mol. The van der Waals surface area contributed by atoms with Crippen molar-refractivity contribution in [1.82, 2.24) is 0 Å². The summed E-state index contributed by atoms with van der Waals surface area (Å²) < 4.78 is 10.7. The van der Waals surface area contributed by atoms with Crippen molar-refractivity contribution >= 4 is 11.4 Å². The average molecular weight is 252 g/mol. The molecule has 0 saturated carbocycles. The van der Waals surface area contributed by atoms with Crippen LogP contribution in [0.2, 0.25) is 0 Å². The molecule has 0 saturated heterocycles. The van der Waals surface area contributed by atoms with Gasteiger partial charge in [0.2, 0.25) is 0 Å². The predicted octanol–water partition coefficient (Wildman–Crippen LogP) is 2.75. The van der Waals surface area contributed by atoms with Gasteiger partial charge in [-0.05, 0) is 18.4 Å². The van der Waals surface area contributed by atoms with E-state index >= 15 is 0 Å². The first kappa shape index (κ1) is 14.6. The summed E-state index contributed by atoms with van der Waals surface area (Å²) in [5.41, 5.74) is 7.42. The largest absolute Gasteiger partial charge is 0.497 e. The molecule has 0 aromatic heterocycles. The molecule has 0 atom stereocenters. The molecule has 0 spiro atoms. The topological polar surface area (TPSA) is 56.5 Å². The molecular formula is C14H24N2O2. The van der Waals surface area contributed by atoms with E-state index in [1.165, 1.54) is 0 Å². The normalized spacial score (nSPS) is 10.7. The molecule has 3 N–H and O–H groups in total. The highest BCUT2D eigenvalue weighted by Gasteiger charge is 1.99. The zero-order valence-electron chi connectivity index (χ0n) is 11.5. The Hall–Kier alpha value is -1.42.